The first-order valence-electron chi connectivity index (χ1n) is 11.3. The van der Waals surface area contributed by atoms with Crippen molar-refractivity contribution in [3.05, 3.63) is 60.2 Å². The van der Waals surface area contributed by atoms with Crippen molar-refractivity contribution in [2.24, 2.45) is 5.41 Å². The normalized spacial score (nSPS) is 18.4. The monoisotopic (exact) mass is 422 g/mol. The van der Waals surface area contributed by atoms with Crippen molar-refractivity contribution in [2.75, 3.05) is 18.0 Å². The van der Waals surface area contributed by atoms with Crippen molar-refractivity contribution in [3.8, 4) is 5.75 Å². The fraction of sp³-hybridized carbons (Fsp3) is 0.500. The van der Waals surface area contributed by atoms with Crippen LogP contribution in [-0.4, -0.2) is 30.8 Å². The molecule has 4 rings (SSSR count). The van der Waals surface area contributed by atoms with E-state index in [9.17, 15) is 4.79 Å². The van der Waals surface area contributed by atoms with Crippen LogP contribution in [0.4, 0.5) is 10.5 Å². The molecule has 2 fully saturated rings. The molecule has 0 atom stereocenters. The molecule has 1 spiro atoms. The van der Waals surface area contributed by atoms with E-state index in [1.807, 2.05) is 45.0 Å². The summed E-state index contributed by atoms with van der Waals surface area (Å²) in [6.07, 6.45) is 4.14. The first-order valence-corrected chi connectivity index (χ1v) is 11.3. The summed E-state index contributed by atoms with van der Waals surface area (Å²) in [5.74, 6) is 0.909. The maximum atomic E-state index is 12.0. The summed E-state index contributed by atoms with van der Waals surface area (Å²) in [4.78, 5) is 14.4. The Hall–Kier alpha value is -2.69. The molecule has 2 aliphatic rings. The van der Waals surface area contributed by atoms with Gasteiger partial charge in [0.15, 0.2) is 0 Å². The molecular formula is C26H34N2O3. The molecule has 1 heterocycles. The Balaban J connectivity index is 1.25. The van der Waals surface area contributed by atoms with Crippen LogP contribution in [0.15, 0.2) is 54.6 Å². The lowest BCUT2D eigenvalue weighted by Crippen LogP contribution is -2.55. The lowest BCUT2D eigenvalue weighted by atomic mass is 9.60. The molecule has 1 amide bonds. The van der Waals surface area contributed by atoms with E-state index in [0.717, 1.165) is 44.5 Å². The van der Waals surface area contributed by atoms with Gasteiger partial charge in [0, 0.05) is 30.9 Å². The quantitative estimate of drug-likeness (QED) is 0.687. The van der Waals surface area contributed by atoms with Gasteiger partial charge in [0.2, 0.25) is 0 Å². The van der Waals surface area contributed by atoms with Crippen molar-refractivity contribution < 1.29 is 14.3 Å². The minimum atomic E-state index is -0.448. The van der Waals surface area contributed by atoms with Crippen LogP contribution in [-0.2, 0) is 11.3 Å². The molecule has 2 aromatic rings. The van der Waals surface area contributed by atoms with E-state index < -0.39 is 5.60 Å². The maximum absolute atomic E-state index is 12.0. The molecule has 0 aromatic heterocycles. The molecule has 166 valence electrons. The van der Waals surface area contributed by atoms with Crippen LogP contribution in [0, 0.1) is 5.41 Å². The summed E-state index contributed by atoms with van der Waals surface area (Å²) < 4.78 is 11.4. The third kappa shape index (κ3) is 5.72. The largest absolute Gasteiger partial charge is 0.489 e. The summed E-state index contributed by atoms with van der Waals surface area (Å²) in [6, 6.07) is 18.9. The maximum Gasteiger partial charge on any atom is 0.407 e. The molecule has 1 saturated heterocycles. The number of piperidine rings is 1. The Morgan fingerprint density at radius 1 is 1.06 bits per heavy atom. The molecule has 0 unspecified atom stereocenters. The van der Waals surface area contributed by atoms with Crippen LogP contribution >= 0.6 is 0 Å². The van der Waals surface area contributed by atoms with Crippen LogP contribution < -0.4 is 15.0 Å². The van der Waals surface area contributed by atoms with Gasteiger partial charge >= 0.3 is 6.09 Å². The van der Waals surface area contributed by atoms with E-state index in [1.165, 1.54) is 11.3 Å². The number of carbonyl (C=O) groups excluding carboxylic acids is 1. The Morgan fingerprint density at radius 2 is 1.77 bits per heavy atom. The zero-order chi connectivity index (χ0) is 21.9. The summed E-state index contributed by atoms with van der Waals surface area (Å²) in [5, 5.41) is 3.03. The average Bonchev–Trinajstić information content (AvgIpc) is 2.71. The third-order valence-corrected chi connectivity index (χ3v) is 6.33. The number of anilines is 1. The number of nitrogens with zero attached hydrogens (tertiary/aromatic N) is 1. The second-order valence-electron chi connectivity index (χ2n) is 10.0. The van der Waals surface area contributed by atoms with Crippen molar-refractivity contribution in [2.45, 2.75) is 64.7 Å². The average molecular weight is 423 g/mol. The van der Waals surface area contributed by atoms with Gasteiger partial charge in [-0.2, -0.15) is 0 Å². The molecule has 1 saturated carbocycles. The molecular weight excluding hydrogens is 388 g/mol. The third-order valence-electron chi connectivity index (χ3n) is 6.33. The van der Waals surface area contributed by atoms with E-state index in [0.29, 0.717) is 12.0 Å². The van der Waals surface area contributed by atoms with Crippen LogP contribution in [0.25, 0.3) is 0 Å². The van der Waals surface area contributed by atoms with E-state index in [2.05, 4.69) is 40.5 Å². The van der Waals surface area contributed by atoms with E-state index in [1.54, 1.807) is 0 Å². The summed E-state index contributed by atoms with van der Waals surface area (Å²) in [5.41, 5.74) is 2.32. The van der Waals surface area contributed by atoms with Gasteiger partial charge in [-0.15, -0.1) is 0 Å². The second kappa shape index (κ2) is 8.81. The van der Waals surface area contributed by atoms with Crippen LogP contribution in [0.2, 0.25) is 0 Å². The number of benzene rings is 2. The standard InChI is InChI=1S/C26H34N2O3/c1-25(2,3)31-24(29)27-21-17-26(18-21)12-14-28(15-13-26)22-10-7-11-23(16-22)30-19-20-8-5-4-6-9-20/h4-11,16,21H,12-15,17-19H2,1-3H3,(H,27,29). The molecule has 0 radical (unpaired) electrons. The Bertz CT molecular complexity index is 875. The molecule has 2 aromatic carbocycles. The van der Waals surface area contributed by atoms with Gasteiger partial charge in [-0.25, -0.2) is 4.79 Å². The molecule has 0 bridgehead atoms. The fourth-order valence-electron chi connectivity index (χ4n) is 4.72. The second-order valence-corrected chi connectivity index (χ2v) is 10.0. The zero-order valence-corrected chi connectivity index (χ0v) is 18.9. The van der Waals surface area contributed by atoms with Crippen LogP contribution in [0.1, 0.15) is 52.0 Å². The molecule has 5 heteroatoms. The van der Waals surface area contributed by atoms with Gasteiger partial charge in [0.05, 0.1) is 0 Å². The minimum absolute atomic E-state index is 0.246. The van der Waals surface area contributed by atoms with E-state index >= 15 is 0 Å². The highest BCUT2D eigenvalue weighted by Crippen LogP contribution is 2.49. The number of ether oxygens (including phenoxy) is 2. The number of amides is 1. The molecule has 31 heavy (non-hydrogen) atoms. The van der Waals surface area contributed by atoms with Crippen molar-refractivity contribution >= 4 is 11.8 Å². The SMILES string of the molecule is CC(C)(C)OC(=O)NC1CC2(CCN(c3cccc(OCc4ccccc4)c3)CC2)C1. The highest BCUT2D eigenvalue weighted by atomic mass is 16.6. The summed E-state index contributed by atoms with van der Waals surface area (Å²) in [6.45, 7) is 8.35. The van der Waals surface area contributed by atoms with Gasteiger partial charge in [-0.3, -0.25) is 0 Å². The van der Waals surface area contributed by atoms with Crippen molar-refractivity contribution in [1.82, 2.24) is 5.32 Å². The molecule has 1 aliphatic carbocycles. The molecule has 1 N–H and O–H groups in total. The highest BCUT2D eigenvalue weighted by molar-refractivity contribution is 5.68. The first-order chi connectivity index (χ1) is 14.8. The van der Waals surface area contributed by atoms with Gasteiger partial charge in [0.25, 0.3) is 0 Å². The lowest BCUT2D eigenvalue weighted by molar-refractivity contribution is 0.0234. The zero-order valence-electron chi connectivity index (χ0n) is 18.9. The Labute approximate surface area is 185 Å². The van der Waals surface area contributed by atoms with Crippen LogP contribution in [0.5, 0.6) is 5.75 Å². The number of rotatable bonds is 5. The number of hydrogen-bond donors (Lipinski definition) is 1. The van der Waals surface area contributed by atoms with Gasteiger partial charge in [-0.05, 0) is 69.6 Å². The number of nitrogens with one attached hydrogen (secondary N) is 1. The van der Waals surface area contributed by atoms with Crippen molar-refractivity contribution in [1.29, 1.82) is 0 Å². The van der Waals surface area contributed by atoms with E-state index in [4.69, 9.17) is 9.47 Å². The topological polar surface area (TPSA) is 50.8 Å². The number of carbonyl (C=O) groups is 1. The summed E-state index contributed by atoms with van der Waals surface area (Å²) in [7, 11) is 0. The van der Waals surface area contributed by atoms with Gasteiger partial charge in [-0.1, -0.05) is 36.4 Å². The predicted octanol–water partition coefficient (Wildman–Crippen LogP) is 5.54. The van der Waals surface area contributed by atoms with E-state index in [-0.39, 0.29) is 12.1 Å². The Kier molecular flexibility index (Phi) is 6.12. The minimum Gasteiger partial charge on any atom is -0.489 e. The highest BCUT2D eigenvalue weighted by Gasteiger charge is 2.46. The van der Waals surface area contributed by atoms with Gasteiger partial charge in [0.1, 0.15) is 18.0 Å². The summed E-state index contributed by atoms with van der Waals surface area (Å²) >= 11 is 0. The molecule has 1 aliphatic heterocycles. The first kappa shape index (κ1) is 21.5. The van der Waals surface area contributed by atoms with Crippen molar-refractivity contribution in [3.63, 3.8) is 0 Å². The van der Waals surface area contributed by atoms with Gasteiger partial charge < -0.3 is 19.7 Å². The van der Waals surface area contributed by atoms with Crippen LogP contribution in [0.3, 0.4) is 0 Å². The predicted molar refractivity (Wildman–Crippen MR) is 123 cm³/mol. The Morgan fingerprint density at radius 3 is 2.45 bits per heavy atom. The smallest absolute Gasteiger partial charge is 0.407 e. The molecule has 5 nitrogen and oxygen atoms in total. The number of hydrogen-bond acceptors (Lipinski definition) is 4. The fourth-order valence-corrected chi connectivity index (χ4v) is 4.72. The lowest BCUT2D eigenvalue weighted by Gasteiger charge is -2.52. The number of alkyl carbamates (subject to hydrolysis) is 1.